The second-order valence-electron chi connectivity index (χ2n) is 12.9. The molecule has 1 N–H and O–H groups in total. The summed E-state index contributed by atoms with van der Waals surface area (Å²) in [5.41, 5.74) is 3.24. The Bertz CT molecular complexity index is 972. The highest BCUT2D eigenvalue weighted by molar-refractivity contribution is 7.15. The Morgan fingerprint density at radius 3 is 1.84 bits per heavy atom. The number of aromatic nitrogens is 2. The summed E-state index contributed by atoms with van der Waals surface area (Å²) in [4.78, 5) is 13.3. The highest BCUT2D eigenvalue weighted by atomic mass is 32.1. The molecule has 4 nitrogen and oxygen atoms in total. The van der Waals surface area contributed by atoms with Crippen molar-refractivity contribution in [1.29, 1.82) is 0 Å². The largest absolute Gasteiger partial charge is 0.296 e. The summed E-state index contributed by atoms with van der Waals surface area (Å²) in [7, 11) is 0. The molecule has 4 saturated carbocycles. The zero-order valence-corrected chi connectivity index (χ0v) is 21.2. The standard InChI is InChI=1S/C27H37N3OS/c1-25(2,3)20-10-19(11-21(12-20)26(4,5)6)22(31)28-24-30-29-23(32-24)27-13-16-7-17(14-27)9-18(8-16)15-27/h10-12,16-18H,7-9,13-15H2,1-6H3,(H,28,30,31). The Morgan fingerprint density at radius 2 is 1.38 bits per heavy atom. The second-order valence-corrected chi connectivity index (χ2v) is 13.8. The molecule has 1 aromatic heterocycles. The molecule has 0 atom stereocenters. The molecule has 4 bridgehead atoms. The van der Waals surface area contributed by atoms with E-state index in [0.717, 1.165) is 22.8 Å². The van der Waals surface area contributed by atoms with E-state index in [-0.39, 0.29) is 22.2 Å². The van der Waals surface area contributed by atoms with Gasteiger partial charge in [-0.05, 0) is 90.4 Å². The van der Waals surface area contributed by atoms with Gasteiger partial charge >= 0.3 is 0 Å². The molecular weight excluding hydrogens is 414 g/mol. The molecule has 0 unspecified atom stereocenters. The van der Waals surface area contributed by atoms with Gasteiger partial charge in [-0.2, -0.15) is 0 Å². The first-order chi connectivity index (χ1) is 14.9. The van der Waals surface area contributed by atoms with Gasteiger partial charge in [-0.15, -0.1) is 10.2 Å². The van der Waals surface area contributed by atoms with Crippen molar-refractivity contribution in [2.75, 3.05) is 5.32 Å². The number of hydrogen-bond acceptors (Lipinski definition) is 4. The minimum Gasteiger partial charge on any atom is -0.296 e. The number of nitrogens with one attached hydrogen (secondary N) is 1. The SMILES string of the molecule is CC(C)(C)c1cc(C(=O)Nc2nnc(C34CC5CC(CC(C5)C3)C4)s2)cc(C(C)(C)C)c1. The van der Waals surface area contributed by atoms with Gasteiger partial charge in [0, 0.05) is 11.0 Å². The summed E-state index contributed by atoms with van der Waals surface area (Å²) in [5.74, 6) is 2.53. The molecule has 1 amide bonds. The zero-order valence-electron chi connectivity index (χ0n) is 20.4. The highest BCUT2D eigenvalue weighted by Crippen LogP contribution is 2.61. The minimum atomic E-state index is -0.0881. The third kappa shape index (κ3) is 4.02. The van der Waals surface area contributed by atoms with Crippen LogP contribution in [0, 0.1) is 17.8 Å². The van der Waals surface area contributed by atoms with Crippen LogP contribution in [0.15, 0.2) is 18.2 Å². The molecule has 4 fully saturated rings. The molecule has 172 valence electrons. The van der Waals surface area contributed by atoms with E-state index in [1.165, 1.54) is 49.7 Å². The number of benzene rings is 1. The molecule has 4 aliphatic rings. The van der Waals surface area contributed by atoms with Crippen molar-refractivity contribution in [3.63, 3.8) is 0 Å². The highest BCUT2D eigenvalue weighted by Gasteiger charge is 2.53. The number of carbonyl (C=O) groups is 1. The van der Waals surface area contributed by atoms with E-state index in [1.54, 1.807) is 11.3 Å². The summed E-state index contributed by atoms with van der Waals surface area (Å²) < 4.78 is 0. The predicted molar refractivity (Wildman–Crippen MR) is 132 cm³/mol. The van der Waals surface area contributed by atoms with Gasteiger partial charge in [0.15, 0.2) is 0 Å². The van der Waals surface area contributed by atoms with Crippen molar-refractivity contribution in [2.45, 2.75) is 96.3 Å². The van der Waals surface area contributed by atoms with E-state index in [2.05, 4.69) is 63.1 Å². The van der Waals surface area contributed by atoms with Crippen LogP contribution in [0.25, 0.3) is 0 Å². The van der Waals surface area contributed by atoms with Crippen LogP contribution in [0.2, 0.25) is 0 Å². The van der Waals surface area contributed by atoms with Gasteiger partial charge in [-0.25, -0.2) is 0 Å². The molecule has 5 heteroatoms. The lowest BCUT2D eigenvalue weighted by molar-refractivity contribution is -0.00555. The summed E-state index contributed by atoms with van der Waals surface area (Å²) in [6.45, 7) is 13.2. The zero-order chi connectivity index (χ0) is 22.9. The smallest absolute Gasteiger partial charge is 0.257 e. The van der Waals surface area contributed by atoms with Crippen LogP contribution < -0.4 is 5.32 Å². The van der Waals surface area contributed by atoms with Gasteiger partial charge in [-0.1, -0.05) is 58.9 Å². The lowest BCUT2D eigenvalue weighted by Crippen LogP contribution is -2.48. The van der Waals surface area contributed by atoms with E-state index >= 15 is 0 Å². The summed E-state index contributed by atoms with van der Waals surface area (Å²) in [6, 6.07) is 6.31. The van der Waals surface area contributed by atoms with E-state index in [1.807, 2.05) is 12.1 Å². The molecular formula is C27H37N3OS. The molecule has 0 aliphatic heterocycles. The molecule has 0 saturated heterocycles. The average molecular weight is 452 g/mol. The van der Waals surface area contributed by atoms with Gasteiger partial charge in [0.2, 0.25) is 5.13 Å². The predicted octanol–water partition coefficient (Wildman–Crippen LogP) is 6.85. The topological polar surface area (TPSA) is 54.9 Å². The summed E-state index contributed by atoms with van der Waals surface area (Å²) >= 11 is 1.61. The Kier molecular flexibility index (Phi) is 5.09. The lowest BCUT2D eigenvalue weighted by Gasteiger charge is -2.55. The molecule has 6 rings (SSSR count). The molecule has 2 aromatic rings. The third-order valence-corrected chi connectivity index (χ3v) is 9.15. The van der Waals surface area contributed by atoms with Crippen LogP contribution in [0.4, 0.5) is 5.13 Å². The van der Waals surface area contributed by atoms with Crippen LogP contribution in [-0.4, -0.2) is 16.1 Å². The van der Waals surface area contributed by atoms with Crippen LogP contribution >= 0.6 is 11.3 Å². The van der Waals surface area contributed by atoms with E-state index in [0.29, 0.717) is 10.7 Å². The third-order valence-electron chi connectivity index (χ3n) is 8.06. The quantitative estimate of drug-likeness (QED) is 0.555. The van der Waals surface area contributed by atoms with Gasteiger partial charge in [0.1, 0.15) is 5.01 Å². The molecule has 4 aliphatic carbocycles. The van der Waals surface area contributed by atoms with Crippen molar-refractivity contribution in [3.8, 4) is 0 Å². The number of nitrogens with zero attached hydrogens (tertiary/aromatic N) is 2. The molecule has 32 heavy (non-hydrogen) atoms. The maximum Gasteiger partial charge on any atom is 0.257 e. The number of carbonyl (C=O) groups excluding carboxylic acids is 1. The first kappa shape index (κ1) is 22.1. The van der Waals surface area contributed by atoms with Crippen LogP contribution in [0.3, 0.4) is 0 Å². The maximum absolute atomic E-state index is 13.3. The summed E-state index contributed by atoms with van der Waals surface area (Å²) in [5, 5.41) is 13.9. The fraction of sp³-hybridized carbons (Fsp3) is 0.667. The van der Waals surface area contributed by atoms with E-state index < -0.39 is 0 Å². The van der Waals surface area contributed by atoms with Gasteiger partial charge < -0.3 is 0 Å². The molecule has 0 spiro atoms. The van der Waals surface area contributed by atoms with E-state index in [4.69, 9.17) is 0 Å². The normalized spacial score (nSPS) is 29.4. The van der Waals surface area contributed by atoms with Crippen molar-refractivity contribution >= 4 is 22.4 Å². The number of amides is 1. The number of anilines is 1. The summed E-state index contributed by atoms with van der Waals surface area (Å²) in [6.07, 6.45) is 8.06. The van der Waals surface area contributed by atoms with Gasteiger partial charge in [0.25, 0.3) is 5.91 Å². The van der Waals surface area contributed by atoms with Gasteiger partial charge in [-0.3, -0.25) is 10.1 Å². The Balaban J connectivity index is 1.39. The molecule has 1 heterocycles. The Labute approximate surface area is 196 Å². The van der Waals surface area contributed by atoms with E-state index in [9.17, 15) is 4.79 Å². The second kappa shape index (κ2) is 7.38. The Hall–Kier alpha value is -1.75. The fourth-order valence-corrected chi connectivity index (χ4v) is 7.61. The first-order valence-corrected chi connectivity index (χ1v) is 13.0. The first-order valence-electron chi connectivity index (χ1n) is 12.2. The average Bonchev–Trinajstić information content (AvgIpc) is 3.14. The Morgan fingerprint density at radius 1 is 0.875 bits per heavy atom. The maximum atomic E-state index is 13.3. The fourth-order valence-electron chi connectivity index (χ4n) is 6.65. The monoisotopic (exact) mass is 451 g/mol. The number of rotatable bonds is 3. The van der Waals surface area contributed by atoms with Crippen LogP contribution in [0.5, 0.6) is 0 Å². The van der Waals surface area contributed by atoms with Gasteiger partial charge in [0.05, 0.1) is 0 Å². The van der Waals surface area contributed by atoms with Crippen molar-refractivity contribution in [1.82, 2.24) is 10.2 Å². The van der Waals surface area contributed by atoms with Crippen molar-refractivity contribution < 1.29 is 4.79 Å². The minimum absolute atomic E-state index is 0.0231. The number of hydrogen-bond donors (Lipinski definition) is 1. The van der Waals surface area contributed by atoms with Crippen LogP contribution in [-0.2, 0) is 16.2 Å². The lowest BCUT2D eigenvalue weighted by atomic mass is 9.50. The van der Waals surface area contributed by atoms with Crippen LogP contribution in [0.1, 0.15) is 107 Å². The van der Waals surface area contributed by atoms with Crippen molar-refractivity contribution in [2.24, 2.45) is 17.8 Å². The molecule has 0 radical (unpaired) electrons. The van der Waals surface area contributed by atoms with Crippen molar-refractivity contribution in [3.05, 3.63) is 39.9 Å². The molecule has 1 aromatic carbocycles.